The molecule has 2 aromatic carbocycles. The highest BCUT2D eigenvalue weighted by atomic mass is 32.2. The molecule has 3 amide bonds. The van der Waals surface area contributed by atoms with E-state index < -0.39 is 0 Å². The quantitative estimate of drug-likeness (QED) is 0.599. The van der Waals surface area contributed by atoms with Gasteiger partial charge in [0.05, 0.1) is 0 Å². The van der Waals surface area contributed by atoms with E-state index in [-0.39, 0.29) is 18.0 Å². The van der Waals surface area contributed by atoms with Gasteiger partial charge in [0.1, 0.15) is 0 Å². The third-order valence-electron chi connectivity index (χ3n) is 6.66. The van der Waals surface area contributed by atoms with Crippen LogP contribution in [0.1, 0.15) is 30.4 Å². The van der Waals surface area contributed by atoms with Crippen molar-refractivity contribution in [1.82, 2.24) is 15.1 Å². The molecule has 0 bridgehead atoms. The molecule has 2 aliphatic heterocycles. The Morgan fingerprint density at radius 3 is 2.24 bits per heavy atom. The highest BCUT2D eigenvalue weighted by Gasteiger charge is 2.24. The number of hydrogen-bond acceptors (Lipinski definition) is 4. The molecule has 0 aliphatic carbocycles. The second kappa shape index (κ2) is 12.8. The fraction of sp³-hybridized carbons (Fsp3) is 0.481. The number of rotatable bonds is 8. The minimum Gasteiger partial charge on any atom is -0.353 e. The van der Waals surface area contributed by atoms with E-state index in [4.69, 9.17) is 0 Å². The summed E-state index contributed by atoms with van der Waals surface area (Å²) < 4.78 is 0. The number of nitrogens with one attached hydrogen (secondary N) is 2. The van der Waals surface area contributed by atoms with Gasteiger partial charge >= 0.3 is 6.03 Å². The van der Waals surface area contributed by atoms with Gasteiger partial charge in [0, 0.05) is 62.4 Å². The molecular weight excluding hydrogens is 444 g/mol. The smallest absolute Gasteiger partial charge is 0.321 e. The van der Waals surface area contributed by atoms with Crippen LogP contribution in [-0.2, 0) is 17.6 Å². The van der Waals surface area contributed by atoms with E-state index in [2.05, 4.69) is 27.7 Å². The molecular formula is C27H36N4O2S. The lowest BCUT2D eigenvalue weighted by Crippen LogP contribution is -2.47. The predicted molar refractivity (Wildman–Crippen MR) is 140 cm³/mol. The maximum absolute atomic E-state index is 12.7. The van der Waals surface area contributed by atoms with E-state index in [9.17, 15) is 9.59 Å². The van der Waals surface area contributed by atoms with E-state index >= 15 is 0 Å². The van der Waals surface area contributed by atoms with Crippen LogP contribution in [0.15, 0.2) is 54.6 Å². The number of carbonyl (C=O) groups excluding carboxylic acids is 2. The lowest BCUT2D eigenvalue weighted by Gasteiger charge is -2.32. The highest BCUT2D eigenvalue weighted by Crippen LogP contribution is 2.16. The SMILES string of the molecule is O=C(CCc1ccccc1)NC1CCN(C(=O)Nc2ccc(CCN3CCSCC3)cc2)CC1. The summed E-state index contributed by atoms with van der Waals surface area (Å²) in [5.41, 5.74) is 3.32. The van der Waals surface area contributed by atoms with E-state index in [1.165, 1.54) is 35.7 Å². The zero-order valence-electron chi connectivity index (χ0n) is 19.9. The van der Waals surface area contributed by atoms with Crippen LogP contribution >= 0.6 is 11.8 Å². The third kappa shape index (κ3) is 7.77. The number of aryl methyl sites for hydroxylation is 1. The Morgan fingerprint density at radius 1 is 0.853 bits per heavy atom. The maximum Gasteiger partial charge on any atom is 0.321 e. The number of urea groups is 1. The van der Waals surface area contributed by atoms with Crippen LogP contribution in [-0.4, -0.2) is 72.0 Å². The predicted octanol–water partition coefficient (Wildman–Crippen LogP) is 4.02. The molecule has 2 saturated heterocycles. The van der Waals surface area contributed by atoms with Crippen molar-refractivity contribution in [3.05, 3.63) is 65.7 Å². The van der Waals surface area contributed by atoms with Gasteiger partial charge < -0.3 is 20.4 Å². The molecule has 0 radical (unpaired) electrons. The molecule has 0 atom stereocenters. The van der Waals surface area contributed by atoms with E-state index in [1.807, 2.05) is 59.1 Å². The Balaban J connectivity index is 1.14. The molecule has 0 aromatic heterocycles. The number of amides is 3. The summed E-state index contributed by atoms with van der Waals surface area (Å²) in [6, 6.07) is 18.4. The first-order chi connectivity index (χ1) is 16.7. The van der Waals surface area contributed by atoms with Crippen LogP contribution in [0.3, 0.4) is 0 Å². The van der Waals surface area contributed by atoms with Gasteiger partial charge in [-0.3, -0.25) is 4.79 Å². The molecule has 34 heavy (non-hydrogen) atoms. The van der Waals surface area contributed by atoms with Crippen LogP contribution in [0, 0.1) is 0 Å². The van der Waals surface area contributed by atoms with Crippen molar-refractivity contribution in [2.75, 3.05) is 49.5 Å². The van der Waals surface area contributed by atoms with Crippen molar-refractivity contribution < 1.29 is 9.59 Å². The average Bonchev–Trinajstić information content (AvgIpc) is 2.89. The molecule has 0 unspecified atom stereocenters. The standard InChI is InChI=1S/C27H36N4O2S/c32-26(11-8-22-4-2-1-3-5-22)28-25-13-16-31(17-14-25)27(33)29-24-9-6-23(7-10-24)12-15-30-18-20-34-21-19-30/h1-7,9-10,25H,8,11-21H2,(H,28,32)(H,29,33). The highest BCUT2D eigenvalue weighted by molar-refractivity contribution is 7.99. The molecule has 2 aliphatic rings. The summed E-state index contributed by atoms with van der Waals surface area (Å²) in [5, 5.41) is 6.16. The Kier molecular flexibility index (Phi) is 9.27. The third-order valence-corrected chi connectivity index (χ3v) is 7.60. The summed E-state index contributed by atoms with van der Waals surface area (Å²) in [7, 11) is 0. The lowest BCUT2D eigenvalue weighted by atomic mass is 10.0. The van der Waals surface area contributed by atoms with Gasteiger partial charge in [-0.15, -0.1) is 0 Å². The van der Waals surface area contributed by atoms with Crippen LogP contribution in [0.25, 0.3) is 0 Å². The van der Waals surface area contributed by atoms with Crippen molar-refractivity contribution in [2.24, 2.45) is 0 Å². The van der Waals surface area contributed by atoms with Gasteiger partial charge in [0.25, 0.3) is 0 Å². The first kappa shape index (κ1) is 24.6. The van der Waals surface area contributed by atoms with Gasteiger partial charge in [0.2, 0.25) is 5.91 Å². The number of carbonyl (C=O) groups is 2. The molecule has 0 spiro atoms. The maximum atomic E-state index is 12.7. The number of benzene rings is 2. The zero-order chi connectivity index (χ0) is 23.6. The fourth-order valence-electron chi connectivity index (χ4n) is 4.50. The normalized spacial score (nSPS) is 17.4. The number of nitrogens with zero attached hydrogens (tertiary/aromatic N) is 2. The first-order valence-corrected chi connectivity index (χ1v) is 13.6. The number of thioether (sulfide) groups is 1. The van der Waals surface area contributed by atoms with Crippen LogP contribution in [0.2, 0.25) is 0 Å². The van der Waals surface area contributed by atoms with Crippen LogP contribution in [0.4, 0.5) is 10.5 Å². The van der Waals surface area contributed by atoms with E-state index in [0.717, 1.165) is 37.9 Å². The summed E-state index contributed by atoms with van der Waals surface area (Å²) in [4.78, 5) is 29.4. The van der Waals surface area contributed by atoms with Gasteiger partial charge in [0.15, 0.2) is 0 Å². The number of piperidine rings is 1. The van der Waals surface area contributed by atoms with Crippen molar-refractivity contribution >= 4 is 29.4 Å². The Bertz CT molecular complexity index is 908. The van der Waals surface area contributed by atoms with Gasteiger partial charge in [-0.25, -0.2) is 4.79 Å². The summed E-state index contributed by atoms with van der Waals surface area (Å²) in [5.74, 6) is 2.57. The fourth-order valence-corrected chi connectivity index (χ4v) is 5.48. The molecule has 0 saturated carbocycles. The minimum absolute atomic E-state index is 0.0626. The second-order valence-corrected chi connectivity index (χ2v) is 10.4. The van der Waals surface area contributed by atoms with Gasteiger partial charge in [-0.1, -0.05) is 42.5 Å². The van der Waals surface area contributed by atoms with Gasteiger partial charge in [-0.2, -0.15) is 11.8 Å². The molecule has 4 rings (SSSR count). The zero-order valence-corrected chi connectivity index (χ0v) is 20.7. The van der Waals surface area contributed by atoms with Crippen molar-refractivity contribution in [3.8, 4) is 0 Å². The van der Waals surface area contributed by atoms with Gasteiger partial charge in [-0.05, 0) is 48.9 Å². The monoisotopic (exact) mass is 480 g/mol. The number of anilines is 1. The molecule has 2 aromatic rings. The summed E-state index contributed by atoms with van der Waals surface area (Å²) in [6.45, 7) is 4.78. The Morgan fingerprint density at radius 2 is 1.53 bits per heavy atom. The largest absolute Gasteiger partial charge is 0.353 e. The number of hydrogen-bond donors (Lipinski definition) is 2. The molecule has 2 N–H and O–H groups in total. The van der Waals surface area contributed by atoms with Crippen molar-refractivity contribution in [1.29, 1.82) is 0 Å². The first-order valence-electron chi connectivity index (χ1n) is 12.4. The van der Waals surface area contributed by atoms with Crippen LogP contribution < -0.4 is 10.6 Å². The Labute approximate surface area is 207 Å². The average molecular weight is 481 g/mol. The second-order valence-electron chi connectivity index (χ2n) is 9.15. The topological polar surface area (TPSA) is 64.7 Å². The van der Waals surface area contributed by atoms with E-state index in [1.54, 1.807) is 0 Å². The molecule has 7 heteroatoms. The summed E-state index contributed by atoms with van der Waals surface area (Å²) >= 11 is 2.04. The van der Waals surface area contributed by atoms with E-state index in [0.29, 0.717) is 19.5 Å². The molecule has 6 nitrogen and oxygen atoms in total. The molecule has 2 fully saturated rings. The van der Waals surface area contributed by atoms with Crippen molar-refractivity contribution in [2.45, 2.75) is 38.1 Å². The molecule has 2 heterocycles. The van der Waals surface area contributed by atoms with Crippen LogP contribution in [0.5, 0.6) is 0 Å². The lowest BCUT2D eigenvalue weighted by molar-refractivity contribution is -0.122. The Hall–Kier alpha value is -2.51. The number of likely N-dealkylation sites (tertiary alicyclic amines) is 1. The minimum atomic E-state index is -0.0626. The summed E-state index contributed by atoms with van der Waals surface area (Å²) in [6.07, 6.45) is 3.88. The van der Waals surface area contributed by atoms with Crippen molar-refractivity contribution in [3.63, 3.8) is 0 Å². The molecule has 182 valence electrons.